The molecule has 3 aromatic rings. The second-order valence-electron chi connectivity index (χ2n) is 8.94. The summed E-state index contributed by atoms with van der Waals surface area (Å²) in [4.78, 5) is 28.0. The average Bonchev–Trinajstić information content (AvgIpc) is 2.91. The fraction of sp³-hybridized carbons (Fsp3) is 0.286. The molecule has 3 rings (SSSR count). The van der Waals surface area contributed by atoms with Crippen LogP contribution in [0.1, 0.15) is 25.0 Å². The van der Waals surface area contributed by atoms with Gasteiger partial charge in [-0.2, -0.15) is 0 Å². The Hall–Kier alpha value is -2.79. The van der Waals surface area contributed by atoms with Crippen molar-refractivity contribution in [3.05, 3.63) is 86.3 Å². The van der Waals surface area contributed by atoms with Crippen LogP contribution in [0.15, 0.2) is 70.0 Å². The summed E-state index contributed by atoms with van der Waals surface area (Å²) in [6.07, 6.45) is 0. The molecule has 0 aromatic heterocycles. The standard InChI is InChI=1S/C28H30BrCl2N3O5S/c1-5-32-28(36)19(3)33(16-22-24(30)7-6-8-25(22)31)27(35)17-34(20-11-9-18(2)10-12-20)40(37,38)21-13-14-26(39-4)23(29)15-21/h6-15,19H,5,16-17H2,1-4H3,(H,32,36)/t19-/m0/s1. The maximum absolute atomic E-state index is 14.0. The molecule has 0 spiro atoms. The fourth-order valence-electron chi connectivity index (χ4n) is 3.93. The number of carbonyl (C=O) groups is 2. The van der Waals surface area contributed by atoms with Gasteiger partial charge in [0, 0.05) is 28.7 Å². The van der Waals surface area contributed by atoms with Gasteiger partial charge in [-0.25, -0.2) is 8.42 Å². The summed E-state index contributed by atoms with van der Waals surface area (Å²) in [7, 11) is -2.77. The summed E-state index contributed by atoms with van der Waals surface area (Å²) < 4.78 is 34.6. The number of nitrogens with one attached hydrogen (secondary N) is 1. The van der Waals surface area contributed by atoms with Crippen LogP contribution in [0.3, 0.4) is 0 Å². The molecule has 0 bridgehead atoms. The van der Waals surface area contributed by atoms with Crippen molar-refractivity contribution in [2.24, 2.45) is 0 Å². The van der Waals surface area contributed by atoms with Gasteiger partial charge < -0.3 is 15.0 Å². The summed E-state index contributed by atoms with van der Waals surface area (Å²) >= 11 is 16.1. The highest BCUT2D eigenvalue weighted by molar-refractivity contribution is 9.10. The zero-order valence-electron chi connectivity index (χ0n) is 22.4. The lowest BCUT2D eigenvalue weighted by Gasteiger charge is -2.32. The van der Waals surface area contributed by atoms with E-state index < -0.39 is 34.4 Å². The SMILES string of the molecule is CCNC(=O)[C@H](C)N(Cc1c(Cl)cccc1Cl)C(=O)CN(c1ccc(C)cc1)S(=O)(=O)c1ccc(OC)c(Br)c1. The molecule has 214 valence electrons. The molecule has 0 fully saturated rings. The number of carbonyl (C=O) groups excluding carboxylic acids is 2. The van der Waals surface area contributed by atoms with Crippen LogP contribution in [0.2, 0.25) is 10.0 Å². The minimum atomic E-state index is -4.24. The zero-order valence-corrected chi connectivity index (χ0v) is 26.4. The van der Waals surface area contributed by atoms with E-state index >= 15 is 0 Å². The minimum absolute atomic E-state index is 0.0500. The number of nitrogens with zero attached hydrogens (tertiary/aromatic N) is 2. The molecule has 2 amide bonds. The summed E-state index contributed by atoms with van der Waals surface area (Å²) in [5.74, 6) is -0.565. The molecule has 1 atom stereocenters. The van der Waals surface area contributed by atoms with E-state index in [4.69, 9.17) is 27.9 Å². The maximum atomic E-state index is 14.0. The van der Waals surface area contributed by atoms with Crippen molar-refractivity contribution in [1.29, 1.82) is 0 Å². The predicted octanol–water partition coefficient (Wildman–Crippen LogP) is 5.82. The van der Waals surface area contributed by atoms with Gasteiger partial charge in [0.2, 0.25) is 11.8 Å². The highest BCUT2D eigenvalue weighted by Gasteiger charge is 2.33. The molecular weight excluding hydrogens is 641 g/mol. The second-order valence-corrected chi connectivity index (χ2v) is 12.5. The van der Waals surface area contributed by atoms with Crippen LogP contribution in [0, 0.1) is 6.92 Å². The van der Waals surface area contributed by atoms with Crippen LogP contribution in [0.25, 0.3) is 0 Å². The van der Waals surface area contributed by atoms with Gasteiger partial charge in [-0.05, 0) is 79.2 Å². The van der Waals surface area contributed by atoms with E-state index in [1.807, 2.05) is 6.92 Å². The van der Waals surface area contributed by atoms with Crippen molar-refractivity contribution in [3.8, 4) is 5.75 Å². The topological polar surface area (TPSA) is 96.0 Å². The first kappa shape index (κ1) is 31.7. The number of hydrogen-bond acceptors (Lipinski definition) is 5. The third-order valence-corrected chi connectivity index (χ3v) is 9.32. The molecule has 0 saturated heterocycles. The van der Waals surface area contributed by atoms with E-state index in [9.17, 15) is 18.0 Å². The highest BCUT2D eigenvalue weighted by atomic mass is 79.9. The summed E-state index contributed by atoms with van der Waals surface area (Å²) in [6.45, 7) is 4.87. The molecule has 0 radical (unpaired) electrons. The molecule has 8 nitrogen and oxygen atoms in total. The molecule has 12 heteroatoms. The number of aryl methyl sites for hydroxylation is 1. The Morgan fingerprint density at radius 3 is 2.23 bits per heavy atom. The molecule has 0 aliphatic carbocycles. The van der Waals surface area contributed by atoms with E-state index in [1.54, 1.807) is 56.3 Å². The summed E-state index contributed by atoms with van der Waals surface area (Å²) in [5, 5.41) is 3.35. The van der Waals surface area contributed by atoms with Gasteiger partial charge in [0.1, 0.15) is 18.3 Å². The Morgan fingerprint density at radius 1 is 1.05 bits per heavy atom. The van der Waals surface area contributed by atoms with E-state index in [0.717, 1.165) is 9.87 Å². The maximum Gasteiger partial charge on any atom is 0.264 e. The van der Waals surface area contributed by atoms with E-state index in [2.05, 4.69) is 21.2 Å². The lowest BCUT2D eigenvalue weighted by Crippen LogP contribution is -2.51. The number of halogens is 3. The van der Waals surface area contributed by atoms with Gasteiger partial charge in [0.25, 0.3) is 10.0 Å². The lowest BCUT2D eigenvalue weighted by atomic mass is 10.1. The lowest BCUT2D eigenvalue weighted by molar-refractivity contribution is -0.139. The molecule has 0 heterocycles. The Morgan fingerprint density at radius 2 is 1.68 bits per heavy atom. The first-order chi connectivity index (χ1) is 18.9. The Bertz CT molecular complexity index is 1470. The van der Waals surface area contributed by atoms with Gasteiger partial charge in [-0.1, -0.05) is 47.0 Å². The number of likely N-dealkylation sites (N-methyl/N-ethyl adjacent to an activating group) is 1. The van der Waals surface area contributed by atoms with Crippen LogP contribution in [-0.4, -0.2) is 51.4 Å². The van der Waals surface area contributed by atoms with Crippen LogP contribution in [0.4, 0.5) is 5.69 Å². The number of sulfonamides is 1. The number of hydrogen-bond donors (Lipinski definition) is 1. The van der Waals surface area contributed by atoms with Crippen molar-refractivity contribution >= 4 is 66.7 Å². The molecule has 40 heavy (non-hydrogen) atoms. The number of anilines is 1. The smallest absolute Gasteiger partial charge is 0.264 e. The van der Waals surface area contributed by atoms with Gasteiger partial charge in [-0.3, -0.25) is 13.9 Å². The van der Waals surface area contributed by atoms with Gasteiger partial charge in [0.15, 0.2) is 0 Å². The molecule has 0 aliphatic heterocycles. The number of ether oxygens (including phenoxy) is 1. The summed E-state index contributed by atoms with van der Waals surface area (Å²) in [5.41, 5.74) is 1.64. The number of rotatable bonds is 11. The average molecular weight is 671 g/mol. The zero-order chi connectivity index (χ0) is 29.6. The van der Waals surface area contributed by atoms with Crippen LogP contribution in [-0.2, 0) is 26.2 Å². The first-order valence-corrected chi connectivity index (χ1v) is 15.3. The molecular formula is C28H30BrCl2N3O5S. The Balaban J connectivity index is 2.08. The van der Waals surface area contributed by atoms with Gasteiger partial charge >= 0.3 is 0 Å². The number of benzene rings is 3. The summed E-state index contributed by atoms with van der Waals surface area (Å²) in [6, 6.07) is 15.1. The molecule has 0 saturated carbocycles. The van der Waals surface area contributed by atoms with Gasteiger partial charge in [-0.15, -0.1) is 0 Å². The van der Waals surface area contributed by atoms with Crippen molar-refractivity contribution in [2.45, 2.75) is 38.3 Å². The molecule has 0 aliphatic rings. The first-order valence-electron chi connectivity index (χ1n) is 12.3. The van der Waals surface area contributed by atoms with Crippen LogP contribution in [0.5, 0.6) is 5.75 Å². The van der Waals surface area contributed by atoms with Crippen molar-refractivity contribution in [3.63, 3.8) is 0 Å². The largest absolute Gasteiger partial charge is 0.496 e. The third-order valence-electron chi connectivity index (χ3n) is 6.22. The van der Waals surface area contributed by atoms with Gasteiger partial charge in [0.05, 0.1) is 22.2 Å². The van der Waals surface area contributed by atoms with Crippen molar-refractivity contribution in [2.75, 3.05) is 24.5 Å². The van der Waals surface area contributed by atoms with Crippen LogP contribution < -0.4 is 14.4 Å². The highest BCUT2D eigenvalue weighted by Crippen LogP contribution is 2.32. The quantitative estimate of drug-likeness (QED) is 0.277. The predicted molar refractivity (Wildman–Crippen MR) is 162 cm³/mol. The Kier molecular flexibility index (Phi) is 10.9. The molecule has 1 N–H and O–H groups in total. The second kappa shape index (κ2) is 13.7. The number of methoxy groups -OCH3 is 1. The molecule has 0 unspecified atom stereocenters. The van der Waals surface area contributed by atoms with E-state index in [1.165, 1.54) is 30.2 Å². The molecule has 3 aromatic carbocycles. The normalized spacial score (nSPS) is 12.0. The van der Waals surface area contributed by atoms with Crippen molar-refractivity contribution < 1.29 is 22.7 Å². The van der Waals surface area contributed by atoms with Crippen LogP contribution >= 0.6 is 39.1 Å². The fourth-order valence-corrected chi connectivity index (χ4v) is 6.58. The monoisotopic (exact) mass is 669 g/mol. The minimum Gasteiger partial charge on any atom is -0.496 e. The van der Waals surface area contributed by atoms with E-state index in [-0.39, 0.29) is 17.1 Å². The Labute approximate surface area is 253 Å². The van der Waals surface area contributed by atoms with E-state index in [0.29, 0.717) is 32.4 Å². The number of amides is 2. The third kappa shape index (κ3) is 7.28. The van der Waals surface area contributed by atoms with Crippen molar-refractivity contribution in [1.82, 2.24) is 10.2 Å².